The van der Waals surface area contributed by atoms with Crippen LogP contribution in [0.5, 0.6) is 0 Å². The zero-order valence-corrected chi connectivity index (χ0v) is 14.8. The Labute approximate surface area is 139 Å². The van der Waals surface area contributed by atoms with Crippen LogP contribution in [0.4, 0.5) is 0 Å². The van der Waals surface area contributed by atoms with Crippen molar-refractivity contribution >= 4 is 18.3 Å². The van der Waals surface area contributed by atoms with Crippen molar-refractivity contribution < 1.29 is 14.3 Å². The third kappa shape index (κ3) is 2.37. The van der Waals surface area contributed by atoms with E-state index in [1.165, 1.54) is 0 Å². The van der Waals surface area contributed by atoms with Crippen molar-refractivity contribution in [1.29, 1.82) is 0 Å². The van der Waals surface area contributed by atoms with Crippen LogP contribution in [0.2, 0.25) is 0 Å². The predicted molar refractivity (Wildman–Crippen MR) is 87.0 cm³/mol. The van der Waals surface area contributed by atoms with Crippen LogP contribution in [-0.2, 0) is 14.3 Å². The Hall–Kier alpha value is -0.360. The second kappa shape index (κ2) is 5.93. The maximum Gasteiger partial charge on any atom is 0.243 e. The summed E-state index contributed by atoms with van der Waals surface area (Å²) in [5.74, 6) is 0.239. The fraction of sp³-hybridized carbons (Fsp3) is 0.938. The molecule has 2 aliphatic heterocycles. The van der Waals surface area contributed by atoms with Crippen LogP contribution in [0.1, 0.15) is 40.5 Å². The van der Waals surface area contributed by atoms with Crippen molar-refractivity contribution in [2.45, 2.75) is 64.4 Å². The first-order valence-corrected chi connectivity index (χ1v) is 8.13. The number of nitrogens with zero attached hydrogens (tertiary/aromatic N) is 1. The van der Waals surface area contributed by atoms with Crippen LogP contribution in [0.15, 0.2) is 0 Å². The molecular weight excluding hydrogens is 304 g/mol. The standard InChI is InChI=1S/C16H28N2O3.ClH/c1-10-8-18(9-11(2)21-10)14(19)16(17)12-6-5-7-20-13(12)15(16,3)4;/h10-13H,5-9,17H2,1-4H3;1H. The molecule has 22 heavy (non-hydrogen) atoms. The molecule has 0 spiro atoms. The van der Waals surface area contributed by atoms with E-state index < -0.39 is 5.54 Å². The molecule has 3 fully saturated rings. The summed E-state index contributed by atoms with van der Waals surface area (Å²) in [7, 11) is 0. The van der Waals surface area contributed by atoms with Gasteiger partial charge in [0.1, 0.15) is 5.54 Å². The highest BCUT2D eigenvalue weighted by molar-refractivity contribution is 5.89. The van der Waals surface area contributed by atoms with Gasteiger partial charge < -0.3 is 20.1 Å². The normalized spacial score (nSPS) is 43.6. The van der Waals surface area contributed by atoms with Gasteiger partial charge in [0, 0.05) is 31.0 Å². The van der Waals surface area contributed by atoms with Gasteiger partial charge in [-0.25, -0.2) is 0 Å². The minimum atomic E-state index is -0.797. The van der Waals surface area contributed by atoms with Crippen molar-refractivity contribution in [3.63, 3.8) is 0 Å². The Bertz CT molecular complexity index is 435. The summed E-state index contributed by atoms with van der Waals surface area (Å²) in [5, 5.41) is 0. The Morgan fingerprint density at radius 3 is 2.41 bits per heavy atom. The van der Waals surface area contributed by atoms with Gasteiger partial charge in [-0.1, -0.05) is 13.8 Å². The van der Waals surface area contributed by atoms with E-state index in [2.05, 4.69) is 13.8 Å². The largest absolute Gasteiger partial charge is 0.377 e. The highest BCUT2D eigenvalue weighted by Gasteiger charge is 2.71. The molecule has 0 aromatic rings. The second-order valence-corrected chi connectivity index (χ2v) is 7.60. The van der Waals surface area contributed by atoms with Gasteiger partial charge in [-0.15, -0.1) is 12.4 Å². The number of hydrogen-bond acceptors (Lipinski definition) is 4. The second-order valence-electron chi connectivity index (χ2n) is 7.60. The van der Waals surface area contributed by atoms with E-state index in [-0.39, 0.29) is 48.0 Å². The Morgan fingerprint density at radius 1 is 1.23 bits per heavy atom. The summed E-state index contributed by atoms with van der Waals surface area (Å²) in [6, 6.07) is 0. The van der Waals surface area contributed by atoms with Gasteiger partial charge in [0.2, 0.25) is 5.91 Å². The molecule has 1 saturated carbocycles. The smallest absolute Gasteiger partial charge is 0.243 e. The number of hydrogen-bond donors (Lipinski definition) is 1. The minimum absolute atomic E-state index is 0. The Morgan fingerprint density at radius 2 is 1.82 bits per heavy atom. The molecule has 2 N–H and O–H groups in total. The minimum Gasteiger partial charge on any atom is -0.377 e. The molecule has 5 unspecified atom stereocenters. The van der Waals surface area contributed by atoms with Gasteiger partial charge in [0.25, 0.3) is 0 Å². The first-order valence-electron chi connectivity index (χ1n) is 8.13. The summed E-state index contributed by atoms with van der Waals surface area (Å²) in [4.78, 5) is 15.1. The van der Waals surface area contributed by atoms with E-state index in [4.69, 9.17) is 15.2 Å². The van der Waals surface area contributed by atoms with Gasteiger partial charge in [-0.3, -0.25) is 4.79 Å². The molecule has 2 heterocycles. The van der Waals surface area contributed by atoms with Gasteiger partial charge >= 0.3 is 0 Å². The van der Waals surface area contributed by atoms with Gasteiger partial charge in [0.15, 0.2) is 0 Å². The molecule has 2 saturated heterocycles. The van der Waals surface area contributed by atoms with Gasteiger partial charge in [-0.2, -0.15) is 0 Å². The van der Waals surface area contributed by atoms with Crippen LogP contribution in [0, 0.1) is 11.3 Å². The quantitative estimate of drug-likeness (QED) is 0.791. The lowest BCUT2D eigenvalue weighted by atomic mass is 9.46. The fourth-order valence-corrected chi connectivity index (χ4v) is 4.62. The maximum atomic E-state index is 13.2. The molecule has 0 aromatic heterocycles. The van der Waals surface area contributed by atoms with E-state index in [0.29, 0.717) is 13.1 Å². The summed E-state index contributed by atoms with van der Waals surface area (Å²) >= 11 is 0. The number of carbonyl (C=O) groups excluding carboxylic acids is 1. The molecule has 3 aliphatic rings. The van der Waals surface area contributed by atoms with Crippen LogP contribution >= 0.6 is 12.4 Å². The highest BCUT2D eigenvalue weighted by atomic mass is 35.5. The predicted octanol–water partition coefficient (Wildman–Crippen LogP) is 1.58. The zero-order valence-electron chi connectivity index (χ0n) is 14.0. The molecule has 5 atom stereocenters. The number of morpholine rings is 1. The molecule has 5 nitrogen and oxygen atoms in total. The molecule has 0 aromatic carbocycles. The SMILES string of the molecule is CC1CN(C(=O)C2(N)C3CCCOC3C2(C)C)CC(C)O1.Cl. The number of halogens is 1. The van der Waals surface area contributed by atoms with Crippen molar-refractivity contribution in [2.75, 3.05) is 19.7 Å². The monoisotopic (exact) mass is 332 g/mol. The van der Waals surface area contributed by atoms with Crippen LogP contribution in [-0.4, -0.2) is 54.4 Å². The zero-order chi connectivity index (χ0) is 15.4. The average Bonchev–Trinajstić information content (AvgIpc) is 2.44. The Kier molecular flexibility index (Phi) is 4.85. The summed E-state index contributed by atoms with van der Waals surface area (Å²) in [5.41, 5.74) is 5.59. The van der Waals surface area contributed by atoms with Crippen molar-refractivity contribution in [3.05, 3.63) is 0 Å². The summed E-state index contributed by atoms with van der Waals surface area (Å²) < 4.78 is 11.6. The number of fused-ring (bicyclic) bond motifs is 1. The van der Waals surface area contributed by atoms with Gasteiger partial charge in [0.05, 0.1) is 18.3 Å². The molecule has 0 radical (unpaired) electrons. The number of rotatable bonds is 1. The lowest BCUT2D eigenvalue weighted by Gasteiger charge is -2.66. The van der Waals surface area contributed by atoms with E-state index >= 15 is 0 Å². The summed E-state index contributed by atoms with van der Waals surface area (Å²) in [6.07, 6.45) is 2.26. The maximum absolute atomic E-state index is 13.2. The lowest BCUT2D eigenvalue weighted by molar-refractivity contribution is -0.232. The molecule has 1 amide bonds. The number of nitrogens with two attached hydrogens (primary N) is 1. The van der Waals surface area contributed by atoms with Gasteiger partial charge in [-0.05, 0) is 26.7 Å². The fourth-order valence-electron chi connectivity index (χ4n) is 4.62. The van der Waals surface area contributed by atoms with E-state index in [1.54, 1.807) is 0 Å². The first-order chi connectivity index (χ1) is 9.78. The number of amides is 1. The van der Waals surface area contributed by atoms with Crippen molar-refractivity contribution in [3.8, 4) is 0 Å². The number of carbonyl (C=O) groups is 1. The van der Waals surface area contributed by atoms with Crippen LogP contribution in [0.25, 0.3) is 0 Å². The highest BCUT2D eigenvalue weighted by Crippen LogP contribution is 2.58. The topological polar surface area (TPSA) is 64.8 Å². The molecule has 0 bridgehead atoms. The molecule has 6 heteroatoms. The lowest BCUT2D eigenvalue weighted by Crippen LogP contribution is -2.83. The van der Waals surface area contributed by atoms with E-state index in [0.717, 1.165) is 19.4 Å². The van der Waals surface area contributed by atoms with Crippen LogP contribution < -0.4 is 5.73 Å². The van der Waals surface area contributed by atoms with Crippen molar-refractivity contribution in [1.82, 2.24) is 4.90 Å². The van der Waals surface area contributed by atoms with E-state index in [9.17, 15) is 4.79 Å². The average molecular weight is 333 g/mol. The summed E-state index contributed by atoms with van der Waals surface area (Å²) in [6.45, 7) is 10.2. The van der Waals surface area contributed by atoms with Crippen LogP contribution in [0.3, 0.4) is 0 Å². The molecule has 128 valence electrons. The molecule has 3 rings (SSSR count). The molecular formula is C16H29ClN2O3. The van der Waals surface area contributed by atoms with E-state index in [1.807, 2.05) is 18.7 Å². The first kappa shape index (κ1) is 18.0. The van der Waals surface area contributed by atoms with Crippen molar-refractivity contribution in [2.24, 2.45) is 17.1 Å². The third-order valence-corrected chi connectivity index (χ3v) is 5.75. The number of ether oxygens (including phenoxy) is 2. The molecule has 1 aliphatic carbocycles. The third-order valence-electron chi connectivity index (χ3n) is 5.75. The Balaban J connectivity index is 0.00000176.